The van der Waals surface area contributed by atoms with Crippen LogP contribution in [0.2, 0.25) is 0 Å². The van der Waals surface area contributed by atoms with Gasteiger partial charge in [0.15, 0.2) is 0 Å². The number of carboxylic acid groups (broad SMARTS) is 1. The van der Waals surface area contributed by atoms with Crippen LogP contribution in [0.4, 0.5) is 13.2 Å². The van der Waals surface area contributed by atoms with Gasteiger partial charge in [0, 0.05) is 11.0 Å². The summed E-state index contributed by atoms with van der Waals surface area (Å²) in [6.07, 6.45) is -3.22. The number of carboxylic acids is 1. The number of ether oxygens (including phenoxy) is 1. The molecule has 1 N–H and O–H groups in total. The summed E-state index contributed by atoms with van der Waals surface area (Å²) in [6.45, 7) is 0. The van der Waals surface area contributed by atoms with Crippen molar-refractivity contribution in [3.63, 3.8) is 0 Å². The van der Waals surface area contributed by atoms with Crippen molar-refractivity contribution >= 4 is 5.97 Å². The molecule has 104 valence electrons. The summed E-state index contributed by atoms with van der Waals surface area (Å²) in [6, 6.07) is 3.23. The van der Waals surface area contributed by atoms with Gasteiger partial charge in [-0.15, -0.1) is 0 Å². The van der Waals surface area contributed by atoms with E-state index in [-0.39, 0.29) is 12.2 Å². The predicted octanol–water partition coefficient (Wildman–Crippen LogP) is 3.22. The maximum absolute atomic E-state index is 12.6. The minimum atomic E-state index is -4.44. The average molecular weight is 274 g/mol. The van der Waals surface area contributed by atoms with E-state index in [0.717, 1.165) is 12.1 Å². The van der Waals surface area contributed by atoms with Gasteiger partial charge in [0.1, 0.15) is 5.75 Å². The molecule has 3 nitrogen and oxygen atoms in total. The second-order valence-electron chi connectivity index (χ2n) is 4.76. The Balaban J connectivity index is 2.40. The third-order valence-corrected chi connectivity index (χ3v) is 3.44. The fraction of sp³-hybridized carbons (Fsp3) is 0.462. The molecule has 0 radical (unpaired) electrons. The molecule has 0 atom stereocenters. The van der Waals surface area contributed by atoms with Crippen molar-refractivity contribution in [3.8, 4) is 5.75 Å². The molecule has 0 amide bonds. The van der Waals surface area contributed by atoms with Crippen molar-refractivity contribution in [3.05, 3.63) is 29.3 Å². The zero-order valence-corrected chi connectivity index (χ0v) is 10.3. The lowest BCUT2D eigenvalue weighted by atomic mass is 9.90. The molecule has 0 aromatic heterocycles. The van der Waals surface area contributed by atoms with Crippen molar-refractivity contribution in [2.75, 3.05) is 7.11 Å². The van der Waals surface area contributed by atoms with E-state index < -0.39 is 23.1 Å². The maximum Gasteiger partial charge on any atom is 0.416 e. The van der Waals surface area contributed by atoms with E-state index in [9.17, 15) is 18.0 Å². The molecule has 1 fully saturated rings. The molecule has 0 unspecified atom stereocenters. The van der Waals surface area contributed by atoms with Crippen molar-refractivity contribution in [2.24, 2.45) is 0 Å². The highest BCUT2D eigenvalue weighted by Crippen LogP contribution is 2.54. The lowest BCUT2D eigenvalue weighted by molar-refractivity contribution is -0.138. The first-order chi connectivity index (χ1) is 8.78. The molecule has 0 heterocycles. The molecule has 6 heteroatoms. The van der Waals surface area contributed by atoms with Crippen molar-refractivity contribution in [2.45, 2.75) is 30.9 Å². The van der Waals surface area contributed by atoms with Crippen LogP contribution >= 0.6 is 0 Å². The van der Waals surface area contributed by atoms with E-state index in [2.05, 4.69) is 0 Å². The molecule has 2 rings (SSSR count). The molecular weight excluding hydrogens is 261 g/mol. The van der Waals surface area contributed by atoms with Gasteiger partial charge in [0.25, 0.3) is 0 Å². The van der Waals surface area contributed by atoms with Crippen LogP contribution in [0.1, 0.15) is 30.4 Å². The smallest absolute Gasteiger partial charge is 0.416 e. The number of hydrogen-bond acceptors (Lipinski definition) is 2. The van der Waals surface area contributed by atoms with E-state index in [0.29, 0.717) is 18.4 Å². The van der Waals surface area contributed by atoms with Gasteiger partial charge in [0.05, 0.1) is 19.1 Å². The van der Waals surface area contributed by atoms with Crippen molar-refractivity contribution in [1.82, 2.24) is 0 Å². The first kappa shape index (κ1) is 13.7. The van der Waals surface area contributed by atoms with Crippen LogP contribution in [-0.4, -0.2) is 18.2 Å². The van der Waals surface area contributed by atoms with Gasteiger partial charge >= 0.3 is 12.1 Å². The Morgan fingerprint density at radius 1 is 1.42 bits per heavy atom. The summed E-state index contributed by atoms with van der Waals surface area (Å²) in [5, 5.41) is 8.88. The van der Waals surface area contributed by atoms with Crippen LogP contribution < -0.4 is 4.74 Å². The zero-order valence-electron chi connectivity index (χ0n) is 10.3. The SMILES string of the molecule is COc1cc(C(F)(F)F)ccc1C1(CC(=O)O)CC1. The second kappa shape index (κ2) is 4.43. The molecule has 0 spiro atoms. The average Bonchev–Trinajstić information content (AvgIpc) is 3.07. The standard InChI is InChI=1S/C13H13F3O3/c1-19-10-6-8(13(14,15)16)2-3-9(10)12(4-5-12)7-11(17)18/h2-3,6H,4-5,7H2,1H3,(H,17,18). The van der Waals surface area contributed by atoms with Crippen LogP contribution in [0.25, 0.3) is 0 Å². The number of halogens is 3. The van der Waals surface area contributed by atoms with Crippen LogP contribution in [0, 0.1) is 0 Å². The lowest BCUT2D eigenvalue weighted by Gasteiger charge is -2.18. The molecule has 1 aliphatic carbocycles. The molecule has 1 aromatic carbocycles. The predicted molar refractivity (Wildman–Crippen MR) is 61.2 cm³/mol. The Bertz CT molecular complexity index is 504. The van der Waals surface area contributed by atoms with Crippen molar-refractivity contribution in [1.29, 1.82) is 0 Å². The Morgan fingerprint density at radius 2 is 2.05 bits per heavy atom. The third-order valence-electron chi connectivity index (χ3n) is 3.44. The van der Waals surface area contributed by atoms with E-state index in [1.54, 1.807) is 0 Å². The number of aliphatic carboxylic acids is 1. The Kier molecular flexibility index (Phi) is 3.20. The summed E-state index contributed by atoms with van der Waals surface area (Å²) < 4.78 is 42.8. The lowest BCUT2D eigenvalue weighted by Crippen LogP contribution is -2.15. The monoisotopic (exact) mass is 274 g/mol. The molecule has 0 saturated heterocycles. The normalized spacial score (nSPS) is 17.1. The van der Waals surface area contributed by atoms with Gasteiger partial charge in [-0.3, -0.25) is 4.79 Å². The number of alkyl halides is 3. The van der Waals surface area contributed by atoms with Crippen LogP contribution in [0.3, 0.4) is 0 Å². The first-order valence-corrected chi connectivity index (χ1v) is 5.76. The van der Waals surface area contributed by atoms with Crippen molar-refractivity contribution < 1.29 is 27.8 Å². The molecule has 1 aliphatic rings. The van der Waals surface area contributed by atoms with E-state index in [4.69, 9.17) is 9.84 Å². The minimum absolute atomic E-state index is 0.0886. The Morgan fingerprint density at radius 3 is 2.47 bits per heavy atom. The first-order valence-electron chi connectivity index (χ1n) is 5.76. The van der Waals surface area contributed by atoms with Gasteiger partial charge in [-0.25, -0.2) is 0 Å². The maximum atomic E-state index is 12.6. The van der Waals surface area contributed by atoms with E-state index >= 15 is 0 Å². The van der Waals surface area contributed by atoms with Gasteiger partial charge in [-0.2, -0.15) is 13.2 Å². The number of benzene rings is 1. The molecule has 19 heavy (non-hydrogen) atoms. The summed E-state index contributed by atoms with van der Waals surface area (Å²) in [7, 11) is 1.29. The quantitative estimate of drug-likeness (QED) is 0.917. The van der Waals surface area contributed by atoms with Gasteiger partial charge in [-0.05, 0) is 25.0 Å². The molecular formula is C13H13F3O3. The summed E-state index contributed by atoms with van der Waals surface area (Å²) in [5.74, 6) is -0.854. The summed E-state index contributed by atoms with van der Waals surface area (Å²) in [5.41, 5.74) is -0.814. The summed E-state index contributed by atoms with van der Waals surface area (Å²) >= 11 is 0. The van der Waals surface area contributed by atoms with E-state index in [1.165, 1.54) is 13.2 Å². The van der Waals surface area contributed by atoms with Gasteiger partial charge in [0.2, 0.25) is 0 Å². The van der Waals surface area contributed by atoms with Crippen LogP contribution in [0.15, 0.2) is 18.2 Å². The topological polar surface area (TPSA) is 46.5 Å². The number of rotatable bonds is 4. The van der Waals surface area contributed by atoms with Crippen LogP contribution in [0.5, 0.6) is 5.75 Å². The highest BCUT2D eigenvalue weighted by molar-refractivity contribution is 5.70. The minimum Gasteiger partial charge on any atom is -0.496 e. The Labute approximate surface area is 108 Å². The Hall–Kier alpha value is -1.72. The van der Waals surface area contributed by atoms with Gasteiger partial charge in [-0.1, -0.05) is 6.07 Å². The second-order valence-corrected chi connectivity index (χ2v) is 4.76. The molecule has 0 aliphatic heterocycles. The largest absolute Gasteiger partial charge is 0.496 e. The third kappa shape index (κ3) is 2.67. The summed E-state index contributed by atoms with van der Waals surface area (Å²) in [4.78, 5) is 10.8. The molecule has 1 aromatic rings. The molecule has 0 bridgehead atoms. The fourth-order valence-electron chi connectivity index (χ4n) is 2.29. The fourth-order valence-corrected chi connectivity index (χ4v) is 2.29. The highest BCUT2D eigenvalue weighted by atomic mass is 19.4. The number of methoxy groups -OCH3 is 1. The highest BCUT2D eigenvalue weighted by Gasteiger charge is 2.48. The molecule has 1 saturated carbocycles. The van der Waals surface area contributed by atoms with E-state index in [1.807, 2.05) is 0 Å². The zero-order chi connectivity index (χ0) is 14.3. The number of carbonyl (C=O) groups is 1. The van der Waals surface area contributed by atoms with Gasteiger partial charge < -0.3 is 9.84 Å². The number of hydrogen-bond donors (Lipinski definition) is 1. The van der Waals surface area contributed by atoms with Crippen LogP contribution in [-0.2, 0) is 16.4 Å².